The normalized spacial score (nSPS) is 21.1. The van der Waals surface area contributed by atoms with Crippen molar-refractivity contribution in [3.8, 4) is 0 Å². The molecule has 4 nitrogen and oxygen atoms in total. The first-order valence-corrected chi connectivity index (χ1v) is 5.21. The van der Waals surface area contributed by atoms with Crippen LogP contribution in [0.25, 0.3) is 0 Å². The van der Waals surface area contributed by atoms with Crippen LogP contribution in [-0.2, 0) is 4.79 Å². The van der Waals surface area contributed by atoms with Crippen LogP contribution in [0.1, 0.15) is 6.42 Å². The zero-order chi connectivity index (χ0) is 10.8. The van der Waals surface area contributed by atoms with Gasteiger partial charge in [0.15, 0.2) is 5.15 Å². The summed E-state index contributed by atoms with van der Waals surface area (Å²) in [5.41, 5.74) is 6.23. The van der Waals surface area contributed by atoms with E-state index in [1.807, 2.05) is 0 Å². The van der Waals surface area contributed by atoms with Gasteiger partial charge in [0.2, 0.25) is 5.91 Å². The summed E-state index contributed by atoms with van der Waals surface area (Å²) in [5, 5.41) is 0.364. The number of nitrogens with two attached hydrogens (primary N) is 1. The van der Waals surface area contributed by atoms with Crippen LogP contribution < -0.4 is 10.6 Å². The number of anilines is 1. The lowest BCUT2D eigenvalue weighted by molar-refractivity contribution is -0.117. The van der Waals surface area contributed by atoms with E-state index in [-0.39, 0.29) is 11.8 Å². The fraction of sp³-hybridized carbons (Fsp3) is 0.400. The van der Waals surface area contributed by atoms with Crippen LogP contribution in [-0.4, -0.2) is 24.0 Å². The second-order valence-corrected chi connectivity index (χ2v) is 3.98. The number of amides is 1. The van der Waals surface area contributed by atoms with Crippen molar-refractivity contribution in [2.45, 2.75) is 6.42 Å². The molecule has 1 aromatic rings. The van der Waals surface area contributed by atoms with Crippen LogP contribution in [0.15, 0.2) is 18.3 Å². The van der Waals surface area contributed by atoms with Gasteiger partial charge >= 0.3 is 0 Å². The van der Waals surface area contributed by atoms with Gasteiger partial charge in [0.05, 0.1) is 5.69 Å². The fourth-order valence-corrected chi connectivity index (χ4v) is 1.97. The van der Waals surface area contributed by atoms with Crippen molar-refractivity contribution >= 4 is 23.2 Å². The smallest absolute Gasteiger partial charge is 0.227 e. The SMILES string of the molecule is NCC1CC(=O)N(c2cccnc2Cl)C1. The maximum atomic E-state index is 11.7. The fourth-order valence-electron chi connectivity index (χ4n) is 1.75. The molecule has 1 unspecified atom stereocenters. The molecule has 0 aromatic carbocycles. The minimum atomic E-state index is 0.0698. The molecule has 1 fully saturated rings. The van der Waals surface area contributed by atoms with E-state index < -0.39 is 0 Å². The number of rotatable bonds is 2. The molecule has 2 heterocycles. The summed E-state index contributed by atoms with van der Waals surface area (Å²) >= 11 is 5.92. The lowest BCUT2D eigenvalue weighted by atomic mass is 10.1. The Kier molecular flexibility index (Phi) is 2.88. The largest absolute Gasteiger partial charge is 0.330 e. The van der Waals surface area contributed by atoms with E-state index in [4.69, 9.17) is 17.3 Å². The topological polar surface area (TPSA) is 59.2 Å². The monoisotopic (exact) mass is 225 g/mol. The van der Waals surface area contributed by atoms with Gasteiger partial charge in [0.25, 0.3) is 0 Å². The number of nitrogens with zero attached hydrogens (tertiary/aromatic N) is 2. The molecule has 0 aliphatic carbocycles. The standard InChI is InChI=1S/C10H12ClN3O/c11-10-8(2-1-3-13-10)14-6-7(5-12)4-9(14)15/h1-3,7H,4-6,12H2. The Hall–Kier alpha value is -1.13. The first-order valence-electron chi connectivity index (χ1n) is 4.83. The summed E-state index contributed by atoms with van der Waals surface area (Å²) < 4.78 is 0. The minimum Gasteiger partial charge on any atom is -0.330 e. The number of pyridine rings is 1. The summed E-state index contributed by atoms with van der Waals surface area (Å²) in [6.45, 7) is 1.17. The van der Waals surface area contributed by atoms with Crippen molar-refractivity contribution in [1.82, 2.24) is 4.98 Å². The molecule has 1 aliphatic heterocycles. The second-order valence-electron chi connectivity index (χ2n) is 3.62. The number of hydrogen-bond acceptors (Lipinski definition) is 3. The molecule has 1 amide bonds. The molecule has 5 heteroatoms. The lowest BCUT2D eigenvalue weighted by Crippen LogP contribution is -2.26. The van der Waals surface area contributed by atoms with Gasteiger partial charge in [-0.05, 0) is 24.6 Å². The maximum absolute atomic E-state index is 11.7. The molecular weight excluding hydrogens is 214 g/mol. The zero-order valence-electron chi connectivity index (χ0n) is 8.19. The Labute approximate surface area is 93.0 Å². The molecular formula is C10H12ClN3O. The predicted molar refractivity (Wildman–Crippen MR) is 58.8 cm³/mol. The predicted octanol–water partition coefficient (Wildman–Crippen LogP) is 1.05. The molecule has 1 aromatic heterocycles. The van der Waals surface area contributed by atoms with Gasteiger partial charge in [-0.25, -0.2) is 4.98 Å². The van der Waals surface area contributed by atoms with Crippen molar-refractivity contribution in [3.05, 3.63) is 23.5 Å². The molecule has 1 saturated heterocycles. The summed E-state index contributed by atoms with van der Waals surface area (Å²) in [5.74, 6) is 0.300. The first kappa shape index (κ1) is 10.4. The Bertz CT molecular complexity index is 383. The van der Waals surface area contributed by atoms with E-state index in [1.54, 1.807) is 23.2 Å². The van der Waals surface area contributed by atoms with E-state index in [2.05, 4.69) is 4.98 Å². The van der Waals surface area contributed by atoms with Crippen molar-refractivity contribution in [2.24, 2.45) is 11.7 Å². The van der Waals surface area contributed by atoms with E-state index in [1.165, 1.54) is 0 Å². The van der Waals surface area contributed by atoms with Gasteiger partial charge in [0, 0.05) is 19.2 Å². The highest BCUT2D eigenvalue weighted by molar-refractivity contribution is 6.32. The average molecular weight is 226 g/mol. The van der Waals surface area contributed by atoms with Gasteiger partial charge in [-0.2, -0.15) is 0 Å². The Morgan fingerprint density at radius 2 is 2.47 bits per heavy atom. The van der Waals surface area contributed by atoms with Gasteiger partial charge < -0.3 is 10.6 Å². The van der Waals surface area contributed by atoms with Gasteiger partial charge in [-0.15, -0.1) is 0 Å². The number of carbonyl (C=O) groups is 1. The van der Waals surface area contributed by atoms with Crippen LogP contribution >= 0.6 is 11.6 Å². The van der Waals surface area contributed by atoms with E-state index in [9.17, 15) is 4.79 Å². The molecule has 0 radical (unpaired) electrons. The molecule has 2 rings (SSSR count). The van der Waals surface area contributed by atoms with Crippen molar-refractivity contribution in [3.63, 3.8) is 0 Å². The maximum Gasteiger partial charge on any atom is 0.227 e. The van der Waals surface area contributed by atoms with E-state index in [0.717, 1.165) is 0 Å². The molecule has 0 spiro atoms. The summed E-state index contributed by atoms with van der Waals surface area (Å²) in [6, 6.07) is 3.57. The van der Waals surface area contributed by atoms with E-state index >= 15 is 0 Å². The second kappa shape index (κ2) is 4.16. The number of aromatic nitrogens is 1. The van der Waals surface area contributed by atoms with Crippen LogP contribution in [0.5, 0.6) is 0 Å². The molecule has 15 heavy (non-hydrogen) atoms. The van der Waals surface area contributed by atoms with Crippen molar-refractivity contribution in [2.75, 3.05) is 18.0 Å². The number of hydrogen-bond donors (Lipinski definition) is 1. The highest BCUT2D eigenvalue weighted by Gasteiger charge is 2.30. The molecule has 0 bridgehead atoms. The summed E-state index contributed by atoms with van der Waals surface area (Å²) in [4.78, 5) is 17.3. The molecule has 80 valence electrons. The van der Waals surface area contributed by atoms with Gasteiger partial charge in [0.1, 0.15) is 0 Å². The third-order valence-corrected chi connectivity index (χ3v) is 2.86. The number of carbonyl (C=O) groups excluding carboxylic acids is 1. The third-order valence-electron chi connectivity index (χ3n) is 2.57. The van der Waals surface area contributed by atoms with Crippen LogP contribution in [0.3, 0.4) is 0 Å². The Balaban J connectivity index is 2.25. The van der Waals surface area contributed by atoms with E-state index in [0.29, 0.717) is 30.4 Å². The molecule has 2 N–H and O–H groups in total. The van der Waals surface area contributed by atoms with Gasteiger partial charge in [-0.3, -0.25) is 4.79 Å². The highest BCUT2D eigenvalue weighted by Crippen LogP contribution is 2.28. The summed E-state index contributed by atoms with van der Waals surface area (Å²) in [6.07, 6.45) is 2.11. The van der Waals surface area contributed by atoms with Crippen LogP contribution in [0.2, 0.25) is 5.15 Å². The molecule has 1 atom stereocenters. The van der Waals surface area contributed by atoms with Crippen LogP contribution in [0.4, 0.5) is 5.69 Å². The highest BCUT2D eigenvalue weighted by atomic mass is 35.5. The number of halogens is 1. The van der Waals surface area contributed by atoms with Gasteiger partial charge in [-0.1, -0.05) is 11.6 Å². The first-order chi connectivity index (χ1) is 7.22. The summed E-state index contributed by atoms with van der Waals surface area (Å²) in [7, 11) is 0. The quantitative estimate of drug-likeness (QED) is 0.766. The average Bonchev–Trinajstić information content (AvgIpc) is 2.60. The zero-order valence-corrected chi connectivity index (χ0v) is 8.94. The van der Waals surface area contributed by atoms with Crippen molar-refractivity contribution < 1.29 is 4.79 Å². The molecule has 0 saturated carbocycles. The van der Waals surface area contributed by atoms with Crippen LogP contribution in [0, 0.1) is 5.92 Å². The minimum absolute atomic E-state index is 0.0698. The Morgan fingerprint density at radius 1 is 1.67 bits per heavy atom. The lowest BCUT2D eigenvalue weighted by Gasteiger charge is -2.16. The van der Waals surface area contributed by atoms with Crippen molar-refractivity contribution in [1.29, 1.82) is 0 Å². The third kappa shape index (κ3) is 1.96. The molecule has 1 aliphatic rings. The Morgan fingerprint density at radius 3 is 3.07 bits per heavy atom.